The summed E-state index contributed by atoms with van der Waals surface area (Å²) in [5.41, 5.74) is 5.71. The smallest absolute Gasteiger partial charge is 0.262 e. The molecule has 0 amide bonds. The standard InChI is InChI=1S/C13H25N5O2S/c1-10(2)18-7-5-11(6-8-18)17(4)21(19,20)13-12(14)15-9-16(13)3/h9-11H,5-8,14H2,1-4H3. The van der Waals surface area contributed by atoms with Crippen LogP contribution in [-0.2, 0) is 17.1 Å². The van der Waals surface area contributed by atoms with E-state index in [2.05, 4.69) is 23.7 Å². The van der Waals surface area contributed by atoms with E-state index in [9.17, 15) is 8.42 Å². The van der Waals surface area contributed by atoms with Crippen LogP contribution in [0.25, 0.3) is 0 Å². The van der Waals surface area contributed by atoms with Crippen molar-refractivity contribution in [2.75, 3.05) is 25.9 Å². The van der Waals surface area contributed by atoms with Crippen LogP contribution in [0.3, 0.4) is 0 Å². The molecule has 0 spiro atoms. The summed E-state index contributed by atoms with van der Waals surface area (Å²) in [6, 6.07) is 0.514. The van der Waals surface area contributed by atoms with E-state index in [1.807, 2.05) is 0 Å². The Bertz CT molecular complexity index is 568. The molecule has 120 valence electrons. The van der Waals surface area contributed by atoms with Crippen LogP contribution in [-0.4, -0.2) is 59.4 Å². The zero-order valence-corrected chi connectivity index (χ0v) is 14.0. The highest BCUT2D eigenvalue weighted by molar-refractivity contribution is 7.89. The van der Waals surface area contributed by atoms with E-state index in [0.717, 1.165) is 25.9 Å². The minimum Gasteiger partial charge on any atom is -0.381 e. The lowest BCUT2D eigenvalue weighted by atomic mass is 10.0. The topological polar surface area (TPSA) is 84.5 Å². The number of sulfonamides is 1. The average Bonchev–Trinajstić information content (AvgIpc) is 2.78. The van der Waals surface area contributed by atoms with Crippen LogP contribution in [0.4, 0.5) is 5.82 Å². The molecule has 2 N–H and O–H groups in total. The van der Waals surface area contributed by atoms with E-state index in [-0.39, 0.29) is 16.9 Å². The third kappa shape index (κ3) is 3.07. The monoisotopic (exact) mass is 315 g/mol. The number of aryl methyl sites for hydroxylation is 1. The van der Waals surface area contributed by atoms with Gasteiger partial charge in [0.2, 0.25) is 0 Å². The van der Waals surface area contributed by atoms with E-state index in [1.165, 1.54) is 15.2 Å². The molecular weight excluding hydrogens is 290 g/mol. The zero-order valence-electron chi connectivity index (χ0n) is 13.2. The number of nitrogens with two attached hydrogens (primary N) is 1. The summed E-state index contributed by atoms with van der Waals surface area (Å²) < 4.78 is 28.4. The summed E-state index contributed by atoms with van der Waals surface area (Å²) in [6.07, 6.45) is 3.11. The molecule has 0 radical (unpaired) electrons. The van der Waals surface area contributed by atoms with Gasteiger partial charge in [-0.3, -0.25) is 0 Å². The van der Waals surface area contributed by atoms with Crippen LogP contribution in [0.5, 0.6) is 0 Å². The van der Waals surface area contributed by atoms with Gasteiger partial charge in [-0.25, -0.2) is 13.4 Å². The van der Waals surface area contributed by atoms with Crippen LogP contribution in [0, 0.1) is 0 Å². The van der Waals surface area contributed by atoms with E-state index < -0.39 is 10.0 Å². The molecule has 0 aromatic carbocycles. The number of nitrogens with zero attached hydrogens (tertiary/aromatic N) is 4. The molecule has 8 heteroatoms. The Hall–Kier alpha value is -1.12. The minimum absolute atomic E-state index is 0.0132. The first-order valence-electron chi connectivity index (χ1n) is 7.24. The highest BCUT2D eigenvalue weighted by atomic mass is 32.2. The maximum absolute atomic E-state index is 12.7. The molecule has 0 bridgehead atoms. The normalized spacial score (nSPS) is 18.8. The van der Waals surface area contributed by atoms with Gasteiger partial charge in [-0.1, -0.05) is 0 Å². The number of hydrogen-bond donors (Lipinski definition) is 1. The van der Waals surface area contributed by atoms with Crippen molar-refractivity contribution >= 4 is 15.8 Å². The van der Waals surface area contributed by atoms with Gasteiger partial charge in [-0.05, 0) is 39.8 Å². The Balaban J connectivity index is 2.15. The molecule has 1 saturated heterocycles. The molecule has 2 heterocycles. The molecule has 1 aromatic rings. The molecule has 21 heavy (non-hydrogen) atoms. The lowest BCUT2D eigenvalue weighted by Gasteiger charge is -2.37. The molecule has 1 fully saturated rings. The zero-order chi connectivity index (χ0) is 15.8. The van der Waals surface area contributed by atoms with E-state index in [4.69, 9.17) is 5.73 Å². The van der Waals surface area contributed by atoms with Crippen LogP contribution in [0.2, 0.25) is 0 Å². The van der Waals surface area contributed by atoms with Crippen LogP contribution in [0.1, 0.15) is 26.7 Å². The van der Waals surface area contributed by atoms with Gasteiger partial charge in [0.1, 0.15) is 0 Å². The Labute approximate surface area is 126 Å². The Morgan fingerprint density at radius 3 is 2.38 bits per heavy atom. The lowest BCUT2D eigenvalue weighted by Crippen LogP contribution is -2.47. The van der Waals surface area contributed by atoms with Gasteiger partial charge in [0.15, 0.2) is 10.8 Å². The number of anilines is 1. The summed E-state index contributed by atoms with van der Waals surface area (Å²) in [7, 11) is -0.323. The van der Waals surface area contributed by atoms with E-state index in [1.54, 1.807) is 14.1 Å². The third-order valence-corrected chi connectivity index (χ3v) is 6.32. The predicted molar refractivity (Wildman–Crippen MR) is 82.3 cm³/mol. The van der Waals surface area contributed by atoms with Crippen molar-refractivity contribution in [2.45, 2.75) is 43.8 Å². The maximum Gasteiger partial charge on any atom is 0.262 e. The van der Waals surface area contributed by atoms with Crippen molar-refractivity contribution in [2.24, 2.45) is 7.05 Å². The summed E-state index contributed by atoms with van der Waals surface area (Å²) in [5.74, 6) is 0.0592. The van der Waals surface area contributed by atoms with Gasteiger partial charge >= 0.3 is 0 Å². The van der Waals surface area contributed by atoms with Gasteiger partial charge in [0, 0.05) is 26.2 Å². The fourth-order valence-electron chi connectivity index (χ4n) is 2.85. The van der Waals surface area contributed by atoms with Gasteiger partial charge < -0.3 is 15.2 Å². The first-order valence-corrected chi connectivity index (χ1v) is 8.68. The van der Waals surface area contributed by atoms with Crippen LogP contribution < -0.4 is 5.73 Å². The molecule has 2 rings (SSSR count). The van der Waals surface area contributed by atoms with E-state index >= 15 is 0 Å². The molecule has 0 unspecified atom stereocenters. The molecule has 1 aliphatic rings. The van der Waals surface area contributed by atoms with Gasteiger partial charge in [0.25, 0.3) is 10.0 Å². The Morgan fingerprint density at radius 2 is 1.95 bits per heavy atom. The second-order valence-electron chi connectivity index (χ2n) is 5.93. The van der Waals surface area contributed by atoms with E-state index in [0.29, 0.717) is 6.04 Å². The van der Waals surface area contributed by atoms with Crippen LogP contribution >= 0.6 is 0 Å². The number of imidazole rings is 1. The van der Waals surface area contributed by atoms with Gasteiger partial charge in [-0.2, -0.15) is 4.31 Å². The predicted octanol–water partition coefficient (Wildman–Crippen LogP) is 0.496. The Morgan fingerprint density at radius 1 is 1.38 bits per heavy atom. The summed E-state index contributed by atoms with van der Waals surface area (Å²) in [5, 5.41) is 0.0799. The fraction of sp³-hybridized carbons (Fsp3) is 0.769. The fourth-order valence-corrected chi connectivity index (χ4v) is 4.45. The quantitative estimate of drug-likeness (QED) is 0.874. The Kier molecular flexibility index (Phi) is 4.60. The van der Waals surface area contributed by atoms with Crippen molar-refractivity contribution in [1.29, 1.82) is 0 Å². The second-order valence-corrected chi connectivity index (χ2v) is 7.84. The average molecular weight is 315 g/mol. The molecule has 0 atom stereocenters. The number of hydrogen-bond acceptors (Lipinski definition) is 5. The maximum atomic E-state index is 12.7. The SMILES string of the molecule is CC(C)N1CCC(N(C)S(=O)(=O)c2c(N)ncn2C)CC1. The first kappa shape index (κ1) is 16.3. The second kappa shape index (κ2) is 5.94. The molecule has 1 aromatic heterocycles. The van der Waals surface area contributed by atoms with Crippen molar-refractivity contribution in [3.05, 3.63) is 6.33 Å². The number of piperidine rings is 1. The molecule has 7 nitrogen and oxygen atoms in total. The van der Waals surface area contributed by atoms with Gasteiger partial charge in [-0.15, -0.1) is 0 Å². The van der Waals surface area contributed by atoms with Crippen LogP contribution in [0.15, 0.2) is 11.4 Å². The molecule has 0 aliphatic carbocycles. The molecular formula is C13H25N5O2S. The summed E-state index contributed by atoms with van der Waals surface area (Å²) in [6.45, 7) is 6.17. The van der Waals surface area contributed by atoms with Crippen molar-refractivity contribution in [3.8, 4) is 0 Å². The largest absolute Gasteiger partial charge is 0.381 e. The molecule has 0 saturated carbocycles. The number of likely N-dealkylation sites (tertiary alicyclic amines) is 1. The number of nitrogen functional groups attached to an aromatic ring is 1. The van der Waals surface area contributed by atoms with Crippen molar-refractivity contribution in [1.82, 2.24) is 18.8 Å². The van der Waals surface area contributed by atoms with Gasteiger partial charge in [0.05, 0.1) is 6.33 Å². The highest BCUT2D eigenvalue weighted by Crippen LogP contribution is 2.25. The summed E-state index contributed by atoms with van der Waals surface area (Å²) in [4.78, 5) is 6.24. The van der Waals surface area contributed by atoms with Crippen molar-refractivity contribution < 1.29 is 8.42 Å². The van der Waals surface area contributed by atoms with Crippen molar-refractivity contribution in [3.63, 3.8) is 0 Å². The lowest BCUT2D eigenvalue weighted by molar-refractivity contribution is 0.140. The summed E-state index contributed by atoms with van der Waals surface area (Å²) >= 11 is 0. The highest BCUT2D eigenvalue weighted by Gasteiger charge is 2.34. The third-order valence-electron chi connectivity index (χ3n) is 4.28. The number of rotatable bonds is 4. The first-order chi connectivity index (χ1) is 9.75. The number of aromatic nitrogens is 2. The molecule has 1 aliphatic heterocycles. The minimum atomic E-state index is -3.60.